The van der Waals surface area contributed by atoms with E-state index in [4.69, 9.17) is 21.4 Å². The van der Waals surface area contributed by atoms with E-state index < -0.39 is 0 Å². The van der Waals surface area contributed by atoms with Crippen LogP contribution >= 0.6 is 11.6 Å². The van der Waals surface area contributed by atoms with Crippen molar-refractivity contribution >= 4 is 22.5 Å². The largest absolute Gasteiger partial charge is 0.492 e. The molecule has 4 aromatic rings. The van der Waals surface area contributed by atoms with E-state index in [1.54, 1.807) is 0 Å². The van der Waals surface area contributed by atoms with E-state index in [1.807, 2.05) is 37.3 Å². The molecule has 0 amide bonds. The van der Waals surface area contributed by atoms with Crippen molar-refractivity contribution in [1.82, 2.24) is 9.78 Å². The molecule has 4 nitrogen and oxygen atoms in total. The lowest BCUT2D eigenvalue weighted by molar-refractivity contribution is 0.208. The van der Waals surface area contributed by atoms with Crippen molar-refractivity contribution in [2.24, 2.45) is 5.92 Å². The molecule has 2 bridgehead atoms. The molecule has 3 aromatic carbocycles. The van der Waals surface area contributed by atoms with Crippen molar-refractivity contribution in [3.05, 3.63) is 76.4 Å². The SMILES string of the molecule is Cc1cc(C#N)cc2c1OCC(C1CCCCC1)c1c3ccccc3nn1-c1ccc(Cl)c-2c1. The highest BCUT2D eigenvalue weighted by Crippen LogP contribution is 2.44. The number of nitrogens with zero attached hydrogens (tertiary/aromatic N) is 3. The highest BCUT2D eigenvalue weighted by atomic mass is 35.5. The lowest BCUT2D eigenvalue weighted by atomic mass is 9.78. The number of fused-ring (bicyclic) bond motifs is 8. The Morgan fingerprint density at radius 3 is 2.68 bits per heavy atom. The van der Waals surface area contributed by atoms with Gasteiger partial charge in [0.05, 0.1) is 35.1 Å². The summed E-state index contributed by atoms with van der Waals surface area (Å²) in [6, 6.07) is 20.6. The van der Waals surface area contributed by atoms with Crippen LogP contribution in [0.5, 0.6) is 5.75 Å². The molecule has 170 valence electrons. The van der Waals surface area contributed by atoms with E-state index in [2.05, 4.69) is 35.0 Å². The second-order valence-electron chi connectivity index (χ2n) is 9.58. The maximum Gasteiger partial charge on any atom is 0.130 e. The molecule has 0 saturated heterocycles. The number of aromatic nitrogens is 2. The first kappa shape index (κ1) is 21.3. The maximum atomic E-state index is 9.62. The van der Waals surface area contributed by atoms with E-state index in [1.165, 1.54) is 43.2 Å². The van der Waals surface area contributed by atoms with Crippen molar-refractivity contribution in [2.45, 2.75) is 44.9 Å². The fourth-order valence-electron chi connectivity index (χ4n) is 5.84. The normalized spacial score (nSPS) is 18.0. The summed E-state index contributed by atoms with van der Waals surface area (Å²) < 4.78 is 8.79. The van der Waals surface area contributed by atoms with Gasteiger partial charge in [-0.15, -0.1) is 0 Å². The second-order valence-corrected chi connectivity index (χ2v) is 9.98. The molecule has 1 aliphatic carbocycles. The van der Waals surface area contributed by atoms with Crippen molar-refractivity contribution in [3.8, 4) is 28.6 Å². The van der Waals surface area contributed by atoms with Crippen molar-refractivity contribution in [2.75, 3.05) is 6.61 Å². The molecule has 1 unspecified atom stereocenters. The van der Waals surface area contributed by atoms with Gasteiger partial charge in [-0.25, -0.2) is 4.68 Å². The van der Waals surface area contributed by atoms with Crippen LogP contribution in [0.1, 0.15) is 54.8 Å². The van der Waals surface area contributed by atoms with Gasteiger partial charge in [-0.05, 0) is 67.6 Å². The number of aryl methyl sites for hydroxylation is 1. The van der Waals surface area contributed by atoms with Gasteiger partial charge in [0.25, 0.3) is 0 Å². The Morgan fingerprint density at radius 2 is 1.85 bits per heavy atom. The molecule has 0 radical (unpaired) electrons. The third-order valence-electron chi connectivity index (χ3n) is 7.48. The predicted octanol–water partition coefficient (Wildman–Crippen LogP) is 7.58. The molecule has 5 heteroatoms. The molecule has 34 heavy (non-hydrogen) atoms. The average Bonchev–Trinajstić information content (AvgIpc) is 3.25. The smallest absolute Gasteiger partial charge is 0.130 e. The minimum absolute atomic E-state index is 0.216. The van der Waals surface area contributed by atoms with Gasteiger partial charge in [0.1, 0.15) is 5.75 Å². The molecular weight excluding hydrogens is 442 g/mol. The molecule has 1 saturated carbocycles. The molecule has 1 aliphatic heterocycles. The second kappa shape index (κ2) is 8.49. The summed E-state index contributed by atoms with van der Waals surface area (Å²) in [5.74, 6) is 1.57. The lowest BCUT2D eigenvalue weighted by Gasteiger charge is -2.32. The Balaban J connectivity index is 1.65. The molecule has 2 heterocycles. The van der Waals surface area contributed by atoms with Crippen LogP contribution in [0.3, 0.4) is 0 Å². The zero-order chi connectivity index (χ0) is 23.2. The monoisotopic (exact) mass is 467 g/mol. The third-order valence-corrected chi connectivity index (χ3v) is 7.81. The molecule has 0 N–H and O–H groups in total. The van der Waals surface area contributed by atoms with Crippen molar-refractivity contribution in [3.63, 3.8) is 0 Å². The van der Waals surface area contributed by atoms with Gasteiger partial charge in [-0.2, -0.15) is 10.4 Å². The van der Waals surface area contributed by atoms with Crippen LogP contribution in [-0.4, -0.2) is 16.4 Å². The lowest BCUT2D eigenvalue weighted by Crippen LogP contribution is -2.25. The number of hydrogen-bond acceptors (Lipinski definition) is 3. The summed E-state index contributed by atoms with van der Waals surface area (Å²) >= 11 is 6.71. The summed E-state index contributed by atoms with van der Waals surface area (Å²) in [6.07, 6.45) is 6.25. The van der Waals surface area contributed by atoms with Crippen LogP contribution in [0.15, 0.2) is 54.6 Å². The summed E-state index contributed by atoms with van der Waals surface area (Å²) in [7, 11) is 0. The fraction of sp³-hybridized carbons (Fsp3) is 0.310. The van der Waals surface area contributed by atoms with Gasteiger partial charge in [-0.1, -0.05) is 49.1 Å². The molecular formula is C29H26ClN3O. The fourth-order valence-corrected chi connectivity index (χ4v) is 6.06. The highest BCUT2D eigenvalue weighted by molar-refractivity contribution is 6.33. The number of benzene rings is 3. The zero-order valence-electron chi connectivity index (χ0n) is 19.2. The molecule has 1 aromatic heterocycles. The third kappa shape index (κ3) is 3.47. The Labute approximate surface area is 204 Å². The first-order chi connectivity index (χ1) is 16.6. The molecule has 6 rings (SSSR count). The topological polar surface area (TPSA) is 50.8 Å². The zero-order valence-corrected chi connectivity index (χ0v) is 20.0. The van der Waals surface area contributed by atoms with Crippen LogP contribution in [-0.2, 0) is 0 Å². The number of halogens is 1. The Kier molecular flexibility index (Phi) is 5.31. The highest BCUT2D eigenvalue weighted by Gasteiger charge is 2.32. The van der Waals surface area contributed by atoms with E-state index in [9.17, 15) is 5.26 Å². The van der Waals surface area contributed by atoms with Crippen LogP contribution in [0.25, 0.3) is 27.7 Å². The van der Waals surface area contributed by atoms with Crippen LogP contribution in [0.4, 0.5) is 0 Å². The average molecular weight is 468 g/mol. The maximum absolute atomic E-state index is 9.62. The van der Waals surface area contributed by atoms with Crippen molar-refractivity contribution < 1.29 is 4.74 Å². The summed E-state index contributed by atoms with van der Waals surface area (Å²) in [5, 5.41) is 16.5. The van der Waals surface area contributed by atoms with Crippen LogP contribution in [0.2, 0.25) is 5.02 Å². The molecule has 2 aliphatic rings. The van der Waals surface area contributed by atoms with Gasteiger partial charge in [-0.3, -0.25) is 0 Å². The number of hydrogen-bond donors (Lipinski definition) is 0. The summed E-state index contributed by atoms with van der Waals surface area (Å²) in [5.41, 5.74) is 6.49. The Morgan fingerprint density at radius 1 is 1.03 bits per heavy atom. The number of rotatable bonds is 1. The molecule has 1 atom stereocenters. The van der Waals surface area contributed by atoms with Crippen LogP contribution in [0, 0.1) is 24.2 Å². The van der Waals surface area contributed by atoms with Gasteiger partial charge in [0.15, 0.2) is 0 Å². The quantitative estimate of drug-likeness (QED) is 0.290. The first-order valence-corrected chi connectivity index (χ1v) is 12.5. The van der Waals surface area contributed by atoms with E-state index in [-0.39, 0.29) is 5.92 Å². The van der Waals surface area contributed by atoms with Crippen LogP contribution < -0.4 is 4.74 Å². The summed E-state index contributed by atoms with van der Waals surface area (Å²) in [4.78, 5) is 0. The summed E-state index contributed by atoms with van der Waals surface area (Å²) in [6.45, 7) is 2.58. The minimum atomic E-state index is 0.216. The number of nitriles is 1. The van der Waals surface area contributed by atoms with E-state index in [0.29, 0.717) is 23.1 Å². The van der Waals surface area contributed by atoms with Gasteiger partial charge in [0, 0.05) is 27.5 Å². The van der Waals surface area contributed by atoms with Gasteiger partial charge >= 0.3 is 0 Å². The van der Waals surface area contributed by atoms with Crippen molar-refractivity contribution in [1.29, 1.82) is 5.26 Å². The van der Waals surface area contributed by atoms with E-state index in [0.717, 1.165) is 33.6 Å². The molecule has 1 fully saturated rings. The molecule has 0 spiro atoms. The predicted molar refractivity (Wildman–Crippen MR) is 136 cm³/mol. The Hall–Kier alpha value is -3.29. The van der Waals surface area contributed by atoms with Gasteiger partial charge in [0.2, 0.25) is 0 Å². The van der Waals surface area contributed by atoms with E-state index >= 15 is 0 Å². The first-order valence-electron chi connectivity index (χ1n) is 12.1. The van der Waals surface area contributed by atoms with Gasteiger partial charge < -0.3 is 4.74 Å². The minimum Gasteiger partial charge on any atom is -0.492 e. The number of ether oxygens (including phenoxy) is 1. The standard InChI is InChI=1S/C29H26ClN3O/c1-18-13-19(16-31)14-24-23-15-21(11-12-26(23)30)33-28(22-9-5-6-10-27(22)32-33)25(17-34-29(18)24)20-7-3-2-4-8-20/h5-6,9-15,20,25H,2-4,7-8,17H2,1H3. The Bertz CT molecular complexity index is 1440.